The van der Waals surface area contributed by atoms with Gasteiger partial charge >= 0.3 is 5.97 Å². The highest BCUT2D eigenvalue weighted by Crippen LogP contribution is 2.05. The molecule has 178 valence electrons. The Morgan fingerprint density at radius 1 is 1.00 bits per heavy atom. The van der Waals surface area contributed by atoms with E-state index in [-0.39, 0.29) is 12.8 Å². The number of carbonyl (C=O) groups is 5. The molecule has 0 bridgehead atoms. The van der Waals surface area contributed by atoms with Crippen molar-refractivity contribution in [2.45, 2.75) is 50.2 Å². The molecule has 1 aromatic rings. The van der Waals surface area contributed by atoms with E-state index in [1.165, 1.54) is 12.5 Å². The second-order valence-corrected chi connectivity index (χ2v) is 7.02. The van der Waals surface area contributed by atoms with Gasteiger partial charge in [-0.25, -0.2) is 9.78 Å². The minimum Gasteiger partial charge on any atom is -0.480 e. The molecule has 1 heterocycles. The number of imidazole rings is 1. The lowest BCUT2D eigenvalue weighted by molar-refractivity contribution is -0.142. The van der Waals surface area contributed by atoms with Crippen LogP contribution in [0, 0.1) is 0 Å². The number of nitrogens with two attached hydrogens (primary N) is 3. The van der Waals surface area contributed by atoms with E-state index in [9.17, 15) is 29.1 Å². The molecule has 14 heteroatoms. The molecule has 0 spiro atoms. The fourth-order valence-corrected chi connectivity index (χ4v) is 2.78. The molecular weight excluding hydrogens is 424 g/mol. The van der Waals surface area contributed by atoms with E-state index in [4.69, 9.17) is 17.2 Å². The van der Waals surface area contributed by atoms with Gasteiger partial charge in [-0.15, -0.1) is 0 Å². The third-order valence-electron chi connectivity index (χ3n) is 4.42. The number of hydrogen-bond donors (Lipinski definition) is 8. The predicted molar refractivity (Wildman–Crippen MR) is 111 cm³/mol. The summed E-state index contributed by atoms with van der Waals surface area (Å²) < 4.78 is 0. The van der Waals surface area contributed by atoms with Crippen molar-refractivity contribution in [2.24, 2.45) is 17.2 Å². The molecule has 0 radical (unpaired) electrons. The van der Waals surface area contributed by atoms with Crippen LogP contribution >= 0.6 is 0 Å². The summed E-state index contributed by atoms with van der Waals surface area (Å²) in [6.07, 6.45) is 3.45. The molecule has 0 saturated carbocycles. The van der Waals surface area contributed by atoms with Crippen molar-refractivity contribution in [1.29, 1.82) is 0 Å². The SMILES string of the molecule is NCCCCC(NC(=O)C(Cc1cnc[nH]1)NC(=O)C(CC(N)=O)NC(=O)CN)C(=O)O. The van der Waals surface area contributed by atoms with Crippen LogP contribution in [0.5, 0.6) is 0 Å². The first-order chi connectivity index (χ1) is 15.2. The average Bonchev–Trinajstić information content (AvgIpc) is 3.24. The average molecular weight is 454 g/mol. The molecule has 11 N–H and O–H groups in total. The minimum absolute atomic E-state index is 0.0547. The molecule has 0 aliphatic heterocycles. The predicted octanol–water partition coefficient (Wildman–Crippen LogP) is -3.55. The van der Waals surface area contributed by atoms with E-state index in [2.05, 4.69) is 25.9 Å². The molecular formula is C18H30N8O6. The van der Waals surface area contributed by atoms with Crippen LogP contribution in [-0.2, 0) is 30.4 Å². The minimum atomic E-state index is -1.36. The van der Waals surface area contributed by atoms with Crippen LogP contribution in [0.15, 0.2) is 12.5 Å². The van der Waals surface area contributed by atoms with Crippen LogP contribution < -0.4 is 33.2 Å². The summed E-state index contributed by atoms with van der Waals surface area (Å²) in [7, 11) is 0. The number of aliphatic carboxylic acids is 1. The van der Waals surface area contributed by atoms with Crippen LogP contribution in [-0.4, -0.2) is 75.9 Å². The standard InChI is InChI=1S/C18H30N8O6/c19-4-2-1-3-11(18(31)32)25-16(29)12(5-10-8-22-9-23-10)26-17(30)13(6-14(21)27)24-15(28)7-20/h8-9,11-13H,1-7,19-20H2,(H2,21,27)(H,22,23)(H,24,28)(H,25,29)(H,26,30)(H,31,32). The third kappa shape index (κ3) is 9.53. The third-order valence-corrected chi connectivity index (χ3v) is 4.42. The molecule has 14 nitrogen and oxygen atoms in total. The number of nitrogens with one attached hydrogen (secondary N) is 4. The van der Waals surface area contributed by atoms with Gasteiger partial charge in [-0.05, 0) is 25.8 Å². The lowest BCUT2D eigenvalue weighted by Gasteiger charge is -2.24. The molecule has 0 aliphatic carbocycles. The Hall–Kier alpha value is -3.52. The van der Waals surface area contributed by atoms with Crippen LogP contribution in [0.3, 0.4) is 0 Å². The molecule has 4 amide bonds. The molecule has 32 heavy (non-hydrogen) atoms. The number of unbranched alkanes of at least 4 members (excludes halogenated alkanes) is 1. The Labute approximate surface area is 184 Å². The second kappa shape index (κ2) is 13.7. The van der Waals surface area contributed by atoms with Gasteiger partial charge in [-0.3, -0.25) is 19.2 Å². The Morgan fingerprint density at radius 2 is 1.66 bits per heavy atom. The van der Waals surface area contributed by atoms with Crippen LogP contribution in [0.25, 0.3) is 0 Å². The Bertz CT molecular complexity index is 784. The molecule has 0 saturated heterocycles. The van der Waals surface area contributed by atoms with E-state index in [1.54, 1.807) is 0 Å². The summed E-state index contributed by atoms with van der Waals surface area (Å²) in [6, 6.07) is -3.78. The van der Waals surface area contributed by atoms with Gasteiger partial charge in [0.25, 0.3) is 0 Å². The quantitative estimate of drug-likeness (QED) is 0.122. The van der Waals surface area contributed by atoms with Crippen molar-refractivity contribution in [3.05, 3.63) is 18.2 Å². The van der Waals surface area contributed by atoms with Gasteiger partial charge in [-0.2, -0.15) is 0 Å². The van der Waals surface area contributed by atoms with E-state index >= 15 is 0 Å². The topological polar surface area (TPSA) is 248 Å². The number of amides is 4. The van der Waals surface area contributed by atoms with Gasteiger partial charge in [0.15, 0.2) is 0 Å². The Balaban J connectivity index is 2.99. The molecule has 3 atom stereocenters. The molecule has 1 rings (SSSR count). The lowest BCUT2D eigenvalue weighted by Crippen LogP contribution is -2.57. The van der Waals surface area contributed by atoms with Gasteiger partial charge < -0.3 is 43.2 Å². The summed E-state index contributed by atoms with van der Waals surface area (Å²) in [5.74, 6) is -4.42. The monoisotopic (exact) mass is 454 g/mol. The number of rotatable bonds is 15. The van der Waals surface area contributed by atoms with E-state index in [0.717, 1.165) is 0 Å². The van der Waals surface area contributed by atoms with Crippen LogP contribution in [0.2, 0.25) is 0 Å². The first-order valence-electron chi connectivity index (χ1n) is 9.96. The summed E-state index contributed by atoms with van der Waals surface area (Å²) >= 11 is 0. The van der Waals surface area contributed by atoms with Crippen molar-refractivity contribution >= 4 is 29.6 Å². The van der Waals surface area contributed by atoms with Crippen molar-refractivity contribution in [3.63, 3.8) is 0 Å². The number of hydrogen-bond acceptors (Lipinski definition) is 8. The highest BCUT2D eigenvalue weighted by molar-refractivity contribution is 5.95. The summed E-state index contributed by atoms with van der Waals surface area (Å²) in [4.78, 5) is 66.6. The van der Waals surface area contributed by atoms with E-state index in [1.807, 2.05) is 0 Å². The molecule has 1 aromatic heterocycles. The number of carboxylic acids is 1. The fraction of sp³-hybridized carbons (Fsp3) is 0.556. The summed E-state index contributed by atoms with van der Waals surface area (Å²) in [6.45, 7) is -0.0434. The number of aromatic amines is 1. The lowest BCUT2D eigenvalue weighted by atomic mass is 10.1. The number of carbonyl (C=O) groups excluding carboxylic acids is 4. The Kier molecular flexibility index (Phi) is 11.4. The normalized spacial score (nSPS) is 13.4. The van der Waals surface area contributed by atoms with Gasteiger partial charge in [0.2, 0.25) is 23.6 Å². The number of aromatic nitrogens is 2. The van der Waals surface area contributed by atoms with Gasteiger partial charge in [0, 0.05) is 18.3 Å². The number of nitrogens with zero attached hydrogens (tertiary/aromatic N) is 1. The number of primary amides is 1. The molecule has 0 aliphatic rings. The first kappa shape index (κ1) is 26.5. The zero-order valence-corrected chi connectivity index (χ0v) is 17.5. The highest BCUT2D eigenvalue weighted by Gasteiger charge is 2.30. The highest BCUT2D eigenvalue weighted by atomic mass is 16.4. The van der Waals surface area contributed by atoms with Crippen LogP contribution in [0.1, 0.15) is 31.4 Å². The fourth-order valence-electron chi connectivity index (χ4n) is 2.78. The molecule has 3 unspecified atom stereocenters. The van der Waals surface area contributed by atoms with Crippen molar-refractivity contribution in [3.8, 4) is 0 Å². The number of carboxylic acid groups (broad SMARTS) is 1. The largest absolute Gasteiger partial charge is 0.480 e. The maximum atomic E-state index is 12.8. The maximum absolute atomic E-state index is 12.8. The number of H-pyrrole nitrogens is 1. The molecule has 0 aromatic carbocycles. The van der Waals surface area contributed by atoms with Crippen LogP contribution in [0.4, 0.5) is 0 Å². The smallest absolute Gasteiger partial charge is 0.326 e. The molecule has 0 fully saturated rings. The van der Waals surface area contributed by atoms with Crippen molar-refractivity contribution in [2.75, 3.05) is 13.1 Å². The van der Waals surface area contributed by atoms with Gasteiger partial charge in [0.1, 0.15) is 18.1 Å². The van der Waals surface area contributed by atoms with Gasteiger partial charge in [-0.1, -0.05) is 0 Å². The Morgan fingerprint density at radius 3 is 2.19 bits per heavy atom. The van der Waals surface area contributed by atoms with Crippen molar-refractivity contribution in [1.82, 2.24) is 25.9 Å². The summed E-state index contributed by atoms with van der Waals surface area (Å²) in [5.41, 5.74) is 16.3. The second-order valence-electron chi connectivity index (χ2n) is 7.02. The maximum Gasteiger partial charge on any atom is 0.326 e. The van der Waals surface area contributed by atoms with E-state index < -0.39 is 60.7 Å². The first-order valence-corrected chi connectivity index (χ1v) is 9.96. The summed E-state index contributed by atoms with van der Waals surface area (Å²) in [5, 5.41) is 16.5. The van der Waals surface area contributed by atoms with Crippen molar-refractivity contribution < 1.29 is 29.1 Å². The zero-order valence-electron chi connectivity index (χ0n) is 17.5. The van der Waals surface area contributed by atoms with E-state index in [0.29, 0.717) is 25.1 Å². The zero-order chi connectivity index (χ0) is 24.1. The van der Waals surface area contributed by atoms with Gasteiger partial charge in [0.05, 0.1) is 19.3 Å².